The molecule has 0 saturated carbocycles. The van der Waals surface area contributed by atoms with Crippen molar-refractivity contribution in [1.29, 1.82) is 0 Å². The molecule has 1 atom stereocenters. The summed E-state index contributed by atoms with van der Waals surface area (Å²) in [6.45, 7) is 1.59. The first-order valence-electron chi connectivity index (χ1n) is 6.59. The van der Waals surface area contributed by atoms with E-state index in [-0.39, 0.29) is 5.84 Å². The SMILES string of the molecule is CC1=NC(n2c(Br)c(Cl)c3ccccc32)(S(=O)(=O)N(C)C)N=N1. The van der Waals surface area contributed by atoms with Crippen LogP contribution in [0.5, 0.6) is 0 Å². The molecule has 3 rings (SSSR count). The molecule has 0 aliphatic carbocycles. The Hall–Kier alpha value is -1.29. The third-order valence-corrected chi connectivity index (χ3v) is 6.88. The summed E-state index contributed by atoms with van der Waals surface area (Å²) in [4.78, 5) is 4.24. The Labute approximate surface area is 146 Å². The molecule has 122 valence electrons. The number of azo groups is 1. The minimum absolute atomic E-state index is 0.274. The van der Waals surface area contributed by atoms with Crippen LogP contribution in [0.25, 0.3) is 10.9 Å². The molecule has 1 aromatic heterocycles. The molecule has 23 heavy (non-hydrogen) atoms. The lowest BCUT2D eigenvalue weighted by atomic mass is 10.2. The van der Waals surface area contributed by atoms with Crippen molar-refractivity contribution in [3.05, 3.63) is 33.9 Å². The zero-order valence-electron chi connectivity index (χ0n) is 12.5. The Balaban J connectivity index is 2.48. The third kappa shape index (κ3) is 2.18. The van der Waals surface area contributed by atoms with Gasteiger partial charge in [-0.1, -0.05) is 29.8 Å². The van der Waals surface area contributed by atoms with E-state index >= 15 is 0 Å². The van der Waals surface area contributed by atoms with Gasteiger partial charge in [-0.15, -0.1) is 10.2 Å². The molecule has 2 heterocycles. The van der Waals surface area contributed by atoms with Crippen molar-refractivity contribution in [3.8, 4) is 0 Å². The van der Waals surface area contributed by atoms with Gasteiger partial charge >= 0.3 is 5.12 Å². The number of rotatable bonds is 3. The molecular weight excluding hydrogens is 406 g/mol. The molecule has 1 unspecified atom stereocenters. The maximum atomic E-state index is 13.0. The van der Waals surface area contributed by atoms with Crippen LogP contribution in [0.2, 0.25) is 5.02 Å². The number of hydrogen-bond acceptors (Lipinski definition) is 5. The monoisotopic (exact) mass is 417 g/mol. The Morgan fingerprint density at radius 2 is 1.96 bits per heavy atom. The number of fused-ring (bicyclic) bond motifs is 1. The summed E-state index contributed by atoms with van der Waals surface area (Å²) in [6, 6.07) is 7.18. The molecule has 0 radical (unpaired) electrons. The lowest BCUT2D eigenvalue weighted by Crippen LogP contribution is -2.44. The summed E-state index contributed by atoms with van der Waals surface area (Å²) in [5, 5.41) is 7.00. The smallest absolute Gasteiger partial charge is 0.274 e. The van der Waals surface area contributed by atoms with Crippen LogP contribution in [0, 0.1) is 0 Å². The Morgan fingerprint density at radius 1 is 1.30 bits per heavy atom. The molecule has 0 N–H and O–H groups in total. The fraction of sp³-hybridized carbons (Fsp3) is 0.308. The van der Waals surface area contributed by atoms with Crippen LogP contribution in [0.3, 0.4) is 0 Å². The average molecular weight is 419 g/mol. The highest BCUT2D eigenvalue weighted by atomic mass is 79.9. The van der Waals surface area contributed by atoms with E-state index in [4.69, 9.17) is 11.6 Å². The number of para-hydroxylation sites is 1. The van der Waals surface area contributed by atoms with Gasteiger partial charge in [0.15, 0.2) is 0 Å². The van der Waals surface area contributed by atoms with Gasteiger partial charge in [0.25, 0.3) is 10.0 Å². The number of nitrogens with zero attached hydrogens (tertiary/aromatic N) is 5. The minimum atomic E-state index is -3.97. The van der Waals surface area contributed by atoms with Crippen molar-refractivity contribution < 1.29 is 8.42 Å². The van der Waals surface area contributed by atoms with Crippen LogP contribution in [-0.4, -0.2) is 37.2 Å². The predicted octanol–water partition coefficient (Wildman–Crippen LogP) is 3.40. The third-order valence-electron chi connectivity index (χ3n) is 3.51. The molecule has 0 saturated heterocycles. The van der Waals surface area contributed by atoms with Crippen molar-refractivity contribution in [1.82, 2.24) is 8.87 Å². The van der Waals surface area contributed by atoms with E-state index in [0.717, 1.165) is 4.31 Å². The lowest BCUT2D eigenvalue weighted by Gasteiger charge is -2.28. The van der Waals surface area contributed by atoms with Gasteiger partial charge in [-0.2, -0.15) is 0 Å². The van der Waals surface area contributed by atoms with Gasteiger partial charge in [-0.05, 0) is 28.9 Å². The minimum Gasteiger partial charge on any atom is -0.274 e. The van der Waals surface area contributed by atoms with Crippen molar-refractivity contribution in [2.24, 2.45) is 15.2 Å². The normalized spacial score (nSPS) is 21.4. The van der Waals surface area contributed by atoms with Gasteiger partial charge in [0.1, 0.15) is 10.4 Å². The number of sulfonamides is 1. The van der Waals surface area contributed by atoms with Crippen molar-refractivity contribution in [3.63, 3.8) is 0 Å². The topological polar surface area (TPSA) is 79.4 Å². The first kappa shape index (κ1) is 16.6. The molecule has 7 nitrogen and oxygen atoms in total. The summed E-state index contributed by atoms with van der Waals surface area (Å²) >= 11 is 9.73. The number of aromatic nitrogens is 1. The molecule has 0 fully saturated rings. The average Bonchev–Trinajstić information content (AvgIpc) is 3.00. The Bertz CT molecular complexity index is 966. The fourth-order valence-electron chi connectivity index (χ4n) is 2.41. The number of aliphatic imine (C=N–C) groups is 1. The molecule has 2 aromatic rings. The van der Waals surface area contributed by atoms with E-state index in [1.54, 1.807) is 25.1 Å². The van der Waals surface area contributed by atoms with Crippen molar-refractivity contribution in [2.45, 2.75) is 12.0 Å². The Morgan fingerprint density at radius 3 is 2.52 bits per heavy atom. The van der Waals surface area contributed by atoms with Crippen LogP contribution in [0.15, 0.2) is 44.1 Å². The molecule has 0 amide bonds. The van der Waals surface area contributed by atoms with E-state index in [2.05, 4.69) is 31.2 Å². The van der Waals surface area contributed by atoms with Crippen LogP contribution in [-0.2, 0) is 15.1 Å². The first-order chi connectivity index (χ1) is 10.7. The Kier molecular flexibility index (Phi) is 3.87. The number of halogens is 2. The second-order valence-electron chi connectivity index (χ2n) is 5.18. The second kappa shape index (κ2) is 5.37. The van der Waals surface area contributed by atoms with Crippen LogP contribution < -0.4 is 0 Å². The quantitative estimate of drug-likeness (QED) is 0.765. The molecule has 0 spiro atoms. The van der Waals surface area contributed by atoms with Crippen molar-refractivity contribution in [2.75, 3.05) is 14.1 Å². The van der Waals surface area contributed by atoms with Gasteiger partial charge in [0, 0.05) is 19.5 Å². The van der Waals surface area contributed by atoms with Gasteiger partial charge < -0.3 is 0 Å². The summed E-state index contributed by atoms with van der Waals surface area (Å²) < 4.78 is 28.9. The molecule has 1 aliphatic rings. The van der Waals surface area contributed by atoms with Gasteiger partial charge in [0.2, 0.25) is 0 Å². The standard InChI is InChI=1S/C13H13BrClN5O2S/c1-8-16-13(18-17-8,23(21,22)19(2)3)20-10-7-5-4-6-9(10)11(15)12(20)14/h4-7H,1-3H3. The largest absolute Gasteiger partial charge is 0.371 e. The van der Waals surface area contributed by atoms with Crippen molar-refractivity contribution >= 4 is 54.3 Å². The predicted molar refractivity (Wildman–Crippen MR) is 93.2 cm³/mol. The molecular formula is C13H13BrClN5O2S. The maximum absolute atomic E-state index is 13.0. The fourth-order valence-corrected chi connectivity index (χ4v) is 4.73. The van der Waals surface area contributed by atoms with E-state index in [1.165, 1.54) is 18.7 Å². The van der Waals surface area contributed by atoms with E-state index in [1.807, 2.05) is 6.07 Å². The zero-order chi connectivity index (χ0) is 17.0. The first-order valence-corrected chi connectivity index (χ1v) is 9.20. The molecule has 0 bridgehead atoms. The lowest BCUT2D eigenvalue weighted by molar-refractivity contribution is 0.398. The van der Waals surface area contributed by atoms with Gasteiger partial charge in [0.05, 0.1) is 10.5 Å². The summed E-state index contributed by atoms with van der Waals surface area (Å²) in [6.07, 6.45) is 0. The summed E-state index contributed by atoms with van der Waals surface area (Å²) in [5.74, 6) is 0.274. The molecule has 1 aliphatic heterocycles. The molecule has 10 heteroatoms. The van der Waals surface area contributed by atoms with E-state index < -0.39 is 15.1 Å². The van der Waals surface area contributed by atoms with Crippen LogP contribution in [0.1, 0.15) is 6.92 Å². The highest BCUT2D eigenvalue weighted by Crippen LogP contribution is 2.44. The second-order valence-corrected chi connectivity index (χ2v) is 8.53. The number of amidine groups is 1. The van der Waals surface area contributed by atoms with Crippen LogP contribution in [0.4, 0.5) is 0 Å². The van der Waals surface area contributed by atoms with E-state index in [9.17, 15) is 8.42 Å². The highest BCUT2D eigenvalue weighted by molar-refractivity contribution is 9.10. The number of hydrogen-bond donors (Lipinski definition) is 0. The summed E-state index contributed by atoms with van der Waals surface area (Å²) in [7, 11) is -1.11. The maximum Gasteiger partial charge on any atom is 0.371 e. The van der Waals surface area contributed by atoms with E-state index in [0.29, 0.717) is 20.5 Å². The zero-order valence-corrected chi connectivity index (χ0v) is 15.7. The summed E-state index contributed by atoms with van der Waals surface area (Å²) in [5.41, 5.74) is 0.590. The van der Waals surface area contributed by atoms with Gasteiger partial charge in [-0.25, -0.2) is 17.7 Å². The molecule has 1 aromatic carbocycles. The highest BCUT2D eigenvalue weighted by Gasteiger charge is 2.52. The van der Waals surface area contributed by atoms with Crippen LogP contribution >= 0.6 is 27.5 Å². The van der Waals surface area contributed by atoms with Gasteiger partial charge in [-0.3, -0.25) is 4.57 Å². The number of benzene rings is 1.